The molecule has 0 saturated carbocycles. The maximum absolute atomic E-state index is 12.5. The lowest BCUT2D eigenvalue weighted by molar-refractivity contribution is -0.125. The third-order valence-corrected chi connectivity index (χ3v) is 6.05. The number of aliphatic imine (C=N–C) groups is 1. The van der Waals surface area contributed by atoms with Crippen LogP contribution in [0, 0.1) is 0 Å². The van der Waals surface area contributed by atoms with Crippen molar-refractivity contribution in [2.45, 2.75) is 38.0 Å². The highest BCUT2D eigenvalue weighted by atomic mass is 16.3. The molecule has 32 heavy (non-hydrogen) atoms. The van der Waals surface area contributed by atoms with Crippen molar-refractivity contribution in [3.8, 4) is 0 Å². The van der Waals surface area contributed by atoms with E-state index in [0.29, 0.717) is 32.5 Å². The van der Waals surface area contributed by atoms with Crippen LogP contribution in [-0.4, -0.2) is 58.9 Å². The summed E-state index contributed by atoms with van der Waals surface area (Å²) in [7, 11) is 0. The predicted octanol–water partition coefficient (Wildman–Crippen LogP) is 2.62. The number of carbonyl (C=O) groups is 2. The summed E-state index contributed by atoms with van der Waals surface area (Å²) in [6.45, 7) is 2.84. The van der Waals surface area contributed by atoms with Gasteiger partial charge in [-0.05, 0) is 37.5 Å². The van der Waals surface area contributed by atoms with Crippen molar-refractivity contribution < 1.29 is 14.7 Å². The zero-order valence-electron chi connectivity index (χ0n) is 18.2. The molecule has 168 valence electrons. The van der Waals surface area contributed by atoms with Gasteiger partial charge in [-0.2, -0.15) is 0 Å². The van der Waals surface area contributed by atoms with Gasteiger partial charge in [-0.25, -0.2) is 4.79 Å². The Morgan fingerprint density at radius 2 is 1.75 bits per heavy atom. The second kappa shape index (κ2) is 9.40. The first-order valence-electron chi connectivity index (χ1n) is 10.9. The van der Waals surface area contributed by atoms with Crippen LogP contribution in [0.4, 0.5) is 16.2 Å². The maximum atomic E-state index is 12.5. The molecule has 1 unspecified atom stereocenters. The number of fused-ring (bicyclic) bond motifs is 1. The molecule has 0 aliphatic carbocycles. The molecule has 0 radical (unpaired) electrons. The van der Waals surface area contributed by atoms with E-state index in [9.17, 15) is 14.7 Å². The number of carbonyl (C=O) groups excluding carboxylic acids is 2. The predicted molar refractivity (Wildman–Crippen MR) is 125 cm³/mol. The van der Waals surface area contributed by atoms with Crippen molar-refractivity contribution in [2.75, 3.05) is 30.3 Å². The number of hydrogen-bond acceptors (Lipinski definition) is 5. The van der Waals surface area contributed by atoms with Crippen LogP contribution in [-0.2, 0) is 11.3 Å². The van der Waals surface area contributed by atoms with Crippen LogP contribution in [0.2, 0.25) is 0 Å². The number of benzene rings is 2. The van der Waals surface area contributed by atoms with E-state index in [1.807, 2.05) is 42.5 Å². The molecule has 2 amide bonds. The van der Waals surface area contributed by atoms with Gasteiger partial charge in [0.1, 0.15) is 11.9 Å². The molecule has 1 atom stereocenters. The highest BCUT2D eigenvalue weighted by molar-refractivity contribution is 6.09. The Morgan fingerprint density at radius 1 is 1.09 bits per heavy atom. The first kappa shape index (κ1) is 21.8. The van der Waals surface area contributed by atoms with Crippen molar-refractivity contribution in [1.29, 1.82) is 0 Å². The van der Waals surface area contributed by atoms with E-state index in [1.165, 1.54) is 6.92 Å². The van der Waals surface area contributed by atoms with Gasteiger partial charge in [0.25, 0.3) is 0 Å². The van der Waals surface area contributed by atoms with Crippen molar-refractivity contribution >= 4 is 29.0 Å². The number of anilines is 2. The van der Waals surface area contributed by atoms with Crippen LogP contribution in [0.5, 0.6) is 0 Å². The van der Waals surface area contributed by atoms with Gasteiger partial charge in [-0.1, -0.05) is 42.5 Å². The topological polar surface area (TPSA) is 106 Å². The number of nitrogens with zero attached hydrogens (tertiary/aromatic N) is 2. The van der Waals surface area contributed by atoms with E-state index in [1.54, 1.807) is 4.90 Å². The van der Waals surface area contributed by atoms with Crippen LogP contribution >= 0.6 is 0 Å². The van der Waals surface area contributed by atoms with Gasteiger partial charge in [0.2, 0.25) is 0 Å². The molecule has 2 heterocycles. The molecule has 0 bridgehead atoms. The van der Waals surface area contributed by atoms with E-state index in [-0.39, 0.29) is 12.6 Å². The average Bonchev–Trinajstić information content (AvgIpc) is 2.82. The molecule has 2 aromatic rings. The number of urea groups is 1. The van der Waals surface area contributed by atoms with E-state index < -0.39 is 17.4 Å². The maximum Gasteiger partial charge on any atom is 0.317 e. The highest BCUT2D eigenvalue weighted by Crippen LogP contribution is 2.37. The Kier molecular flexibility index (Phi) is 6.41. The molecule has 8 nitrogen and oxygen atoms in total. The van der Waals surface area contributed by atoms with Gasteiger partial charge < -0.3 is 26.0 Å². The molecule has 0 aromatic heterocycles. The van der Waals surface area contributed by atoms with Crippen LogP contribution < -0.4 is 16.0 Å². The standard InChI is InChI=1S/C24H29N5O3/c1-17(30)21(31)16-26-23(32)29-13-11-24(12-14-29)22(25-15-18-7-3-2-4-8-18)27-19-9-5-6-10-20(19)28-24/h2-10,17,28,30H,11-16H2,1H3,(H,25,27)(H,26,32). The zero-order chi connectivity index (χ0) is 22.6. The summed E-state index contributed by atoms with van der Waals surface area (Å²) in [5.41, 5.74) is 2.75. The molecule has 4 N–H and O–H groups in total. The number of hydrogen-bond donors (Lipinski definition) is 4. The lowest BCUT2D eigenvalue weighted by Crippen LogP contribution is -2.60. The summed E-state index contributed by atoms with van der Waals surface area (Å²) >= 11 is 0. The number of aliphatic hydroxyl groups excluding tert-OH is 1. The van der Waals surface area contributed by atoms with Gasteiger partial charge in [0.05, 0.1) is 30.0 Å². The molecule has 2 aliphatic heterocycles. The SMILES string of the molecule is CC(O)C(=O)CNC(=O)N1CCC2(CC1)Nc1ccccc1NC2=NCc1ccccc1. The fourth-order valence-electron chi connectivity index (χ4n) is 4.09. The number of amides is 2. The molecule has 1 fully saturated rings. The minimum Gasteiger partial charge on any atom is -0.386 e. The fraction of sp³-hybridized carbons (Fsp3) is 0.375. The second-order valence-corrected chi connectivity index (χ2v) is 8.32. The van der Waals surface area contributed by atoms with Crippen molar-refractivity contribution in [2.24, 2.45) is 4.99 Å². The molecule has 2 aromatic carbocycles. The molecule has 8 heteroatoms. The molecule has 1 saturated heterocycles. The largest absolute Gasteiger partial charge is 0.386 e. The van der Waals surface area contributed by atoms with Gasteiger partial charge in [0.15, 0.2) is 5.78 Å². The third-order valence-electron chi connectivity index (χ3n) is 6.05. The Labute approximate surface area is 187 Å². The summed E-state index contributed by atoms with van der Waals surface area (Å²) in [5.74, 6) is 0.473. The van der Waals surface area contributed by atoms with Gasteiger partial charge >= 0.3 is 6.03 Å². The fourth-order valence-corrected chi connectivity index (χ4v) is 4.09. The first-order chi connectivity index (χ1) is 15.5. The molecular formula is C24H29N5O3. The molecule has 2 aliphatic rings. The Hall–Kier alpha value is -3.39. The highest BCUT2D eigenvalue weighted by Gasteiger charge is 2.43. The third kappa shape index (κ3) is 4.75. The van der Waals surface area contributed by atoms with E-state index in [4.69, 9.17) is 4.99 Å². The number of rotatable bonds is 5. The van der Waals surface area contributed by atoms with Gasteiger partial charge in [-0.15, -0.1) is 0 Å². The normalized spacial score (nSPS) is 18.9. The summed E-state index contributed by atoms with van der Waals surface area (Å²) in [4.78, 5) is 30.7. The zero-order valence-corrected chi connectivity index (χ0v) is 18.2. The van der Waals surface area contributed by atoms with Crippen LogP contribution in [0.1, 0.15) is 25.3 Å². The smallest absolute Gasteiger partial charge is 0.317 e. The molecule has 4 rings (SSSR count). The quantitative estimate of drug-likeness (QED) is 0.578. The van der Waals surface area contributed by atoms with E-state index in [0.717, 1.165) is 22.8 Å². The molecule has 1 spiro atoms. The van der Waals surface area contributed by atoms with Crippen LogP contribution in [0.25, 0.3) is 0 Å². The van der Waals surface area contributed by atoms with Crippen LogP contribution in [0.3, 0.4) is 0 Å². The first-order valence-corrected chi connectivity index (χ1v) is 10.9. The van der Waals surface area contributed by atoms with Crippen LogP contribution in [0.15, 0.2) is 59.6 Å². The lowest BCUT2D eigenvalue weighted by atomic mass is 9.84. The minimum absolute atomic E-state index is 0.172. The number of amidine groups is 1. The number of nitrogens with one attached hydrogen (secondary N) is 3. The summed E-state index contributed by atoms with van der Waals surface area (Å²) in [6.07, 6.45) is 0.278. The number of ketones is 1. The summed E-state index contributed by atoms with van der Waals surface area (Å²) in [5, 5.41) is 19.1. The van der Waals surface area contributed by atoms with Crippen molar-refractivity contribution in [1.82, 2.24) is 10.2 Å². The average molecular weight is 436 g/mol. The molecular weight excluding hydrogens is 406 g/mol. The Morgan fingerprint density at radius 3 is 2.44 bits per heavy atom. The van der Waals surface area contributed by atoms with Crippen molar-refractivity contribution in [3.05, 3.63) is 60.2 Å². The minimum atomic E-state index is -1.08. The number of aliphatic hydroxyl groups is 1. The van der Waals surface area contributed by atoms with Gasteiger partial charge in [-0.3, -0.25) is 9.79 Å². The Balaban J connectivity index is 1.48. The van der Waals surface area contributed by atoms with Gasteiger partial charge in [0, 0.05) is 13.1 Å². The van der Waals surface area contributed by atoms with E-state index in [2.05, 4.69) is 28.1 Å². The summed E-state index contributed by atoms with van der Waals surface area (Å²) < 4.78 is 0. The number of likely N-dealkylation sites (tertiary alicyclic amines) is 1. The Bertz CT molecular complexity index is 998. The monoisotopic (exact) mass is 435 g/mol. The van der Waals surface area contributed by atoms with E-state index >= 15 is 0 Å². The number of piperidine rings is 1. The summed E-state index contributed by atoms with van der Waals surface area (Å²) in [6, 6.07) is 17.9. The number of Topliss-reactive ketones (excluding diaryl/α,β-unsaturated/α-hetero) is 1. The van der Waals surface area contributed by atoms with Crippen molar-refractivity contribution in [3.63, 3.8) is 0 Å². The lowest BCUT2D eigenvalue weighted by Gasteiger charge is -2.46. The second-order valence-electron chi connectivity index (χ2n) is 8.32. The number of para-hydroxylation sites is 2.